The van der Waals surface area contributed by atoms with Crippen molar-refractivity contribution in [3.63, 3.8) is 0 Å². The number of aromatic carboxylic acids is 1. The van der Waals surface area contributed by atoms with Crippen molar-refractivity contribution >= 4 is 5.97 Å². The van der Waals surface area contributed by atoms with Gasteiger partial charge in [-0.3, -0.25) is 4.68 Å². The summed E-state index contributed by atoms with van der Waals surface area (Å²) in [5.74, 6) is -0.391. The minimum atomic E-state index is -4.66. The van der Waals surface area contributed by atoms with E-state index in [9.17, 15) is 18.0 Å². The highest BCUT2D eigenvalue weighted by Crippen LogP contribution is 2.28. The lowest BCUT2D eigenvalue weighted by molar-refractivity contribution is -0.141. The molecule has 2 aromatic heterocycles. The Hall–Kier alpha value is -2.49. The Kier molecular flexibility index (Phi) is 4.64. The van der Waals surface area contributed by atoms with E-state index in [-0.39, 0.29) is 17.9 Å². The molecular weight excluding hydrogens is 317 g/mol. The average Bonchev–Trinajstić information content (AvgIpc) is 2.76. The van der Waals surface area contributed by atoms with E-state index in [1.807, 2.05) is 0 Å². The van der Waals surface area contributed by atoms with Crippen molar-refractivity contribution in [2.75, 3.05) is 0 Å². The normalized spacial score (nSPS) is 11.7. The summed E-state index contributed by atoms with van der Waals surface area (Å²) in [5, 5.41) is 13.0. The van der Waals surface area contributed by atoms with E-state index < -0.39 is 24.4 Å². The van der Waals surface area contributed by atoms with Crippen LogP contribution in [0.15, 0.2) is 12.1 Å². The monoisotopic (exact) mass is 330 g/mol. The highest BCUT2D eigenvalue weighted by molar-refractivity contribution is 5.88. The number of hydrogen-bond donors (Lipinski definition) is 1. The summed E-state index contributed by atoms with van der Waals surface area (Å²) in [6, 6.07) is 1.48. The summed E-state index contributed by atoms with van der Waals surface area (Å²) in [7, 11) is 1.68. The molecular formula is C13H13F3N4O3. The number of halogens is 3. The summed E-state index contributed by atoms with van der Waals surface area (Å²) < 4.78 is 44.7. The number of nitrogens with zero attached hydrogens (tertiary/aromatic N) is 4. The highest BCUT2D eigenvalue weighted by atomic mass is 19.4. The Morgan fingerprint density at radius 1 is 1.30 bits per heavy atom. The summed E-state index contributed by atoms with van der Waals surface area (Å²) in [6.07, 6.45) is -4.66. The van der Waals surface area contributed by atoms with Gasteiger partial charge < -0.3 is 9.84 Å². The van der Waals surface area contributed by atoms with Gasteiger partial charge in [0.05, 0.1) is 17.9 Å². The van der Waals surface area contributed by atoms with Gasteiger partial charge in [0.2, 0.25) is 0 Å². The van der Waals surface area contributed by atoms with Crippen LogP contribution in [0.5, 0.6) is 0 Å². The first-order valence-electron chi connectivity index (χ1n) is 6.43. The lowest BCUT2D eigenvalue weighted by Crippen LogP contribution is -2.14. The molecule has 0 radical (unpaired) electrons. The molecule has 0 saturated carbocycles. The molecule has 0 aromatic carbocycles. The molecule has 0 fully saturated rings. The fourth-order valence-corrected chi connectivity index (χ4v) is 1.79. The van der Waals surface area contributed by atoms with Gasteiger partial charge >= 0.3 is 12.1 Å². The zero-order valence-electron chi connectivity index (χ0n) is 12.3. The molecule has 2 heterocycles. The summed E-state index contributed by atoms with van der Waals surface area (Å²) in [4.78, 5) is 18.5. The molecule has 124 valence electrons. The lowest BCUT2D eigenvalue weighted by Gasteiger charge is -2.10. The van der Waals surface area contributed by atoms with Crippen molar-refractivity contribution < 1.29 is 27.8 Å². The molecule has 1 N–H and O–H groups in total. The molecule has 0 saturated heterocycles. The van der Waals surface area contributed by atoms with Crippen LogP contribution in [0.25, 0.3) is 0 Å². The number of aryl methyl sites for hydroxylation is 2. The second kappa shape index (κ2) is 6.32. The smallest absolute Gasteiger partial charge is 0.433 e. The predicted octanol–water partition coefficient (Wildman–Crippen LogP) is 1.95. The van der Waals surface area contributed by atoms with Crippen molar-refractivity contribution in [2.24, 2.45) is 7.05 Å². The number of carboxylic acid groups (broad SMARTS) is 1. The Morgan fingerprint density at radius 3 is 2.52 bits per heavy atom. The second-order valence-electron chi connectivity index (χ2n) is 4.69. The van der Waals surface area contributed by atoms with E-state index in [4.69, 9.17) is 9.84 Å². The molecule has 0 aliphatic carbocycles. The summed E-state index contributed by atoms with van der Waals surface area (Å²) in [6.45, 7) is 1.26. The number of hydrogen-bond acceptors (Lipinski definition) is 5. The Labute approximate surface area is 128 Å². The van der Waals surface area contributed by atoms with Gasteiger partial charge in [0.1, 0.15) is 18.1 Å². The molecule has 0 aliphatic rings. The Balaban J connectivity index is 2.15. The van der Waals surface area contributed by atoms with Crippen molar-refractivity contribution in [1.29, 1.82) is 0 Å². The number of carbonyl (C=O) groups is 1. The zero-order chi connectivity index (χ0) is 17.2. The molecule has 0 bridgehead atoms. The van der Waals surface area contributed by atoms with Crippen molar-refractivity contribution in [2.45, 2.75) is 26.3 Å². The largest absolute Gasteiger partial charge is 0.478 e. The van der Waals surface area contributed by atoms with Crippen LogP contribution in [-0.4, -0.2) is 30.8 Å². The first-order chi connectivity index (χ1) is 10.7. The molecule has 0 atom stereocenters. The van der Waals surface area contributed by atoms with Crippen LogP contribution >= 0.6 is 0 Å². The van der Waals surface area contributed by atoms with Gasteiger partial charge in [-0.15, -0.1) is 0 Å². The fraction of sp³-hybridized carbons (Fsp3) is 0.385. The van der Waals surface area contributed by atoms with Gasteiger partial charge in [-0.1, -0.05) is 0 Å². The molecule has 0 amide bonds. The zero-order valence-corrected chi connectivity index (χ0v) is 12.3. The third kappa shape index (κ3) is 4.03. The predicted molar refractivity (Wildman–Crippen MR) is 70.4 cm³/mol. The second-order valence-corrected chi connectivity index (χ2v) is 4.69. The van der Waals surface area contributed by atoms with Crippen LogP contribution in [0, 0.1) is 6.92 Å². The SMILES string of the molecule is Cc1nc(COCc2nc(C(F)(F)F)ccc2C(=O)O)nn1C. The van der Waals surface area contributed by atoms with Crippen LogP contribution < -0.4 is 0 Å². The molecule has 0 aliphatic heterocycles. The fourth-order valence-electron chi connectivity index (χ4n) is 1.79. The van der Waals surface area contributed by atoms with E-state index in [1.165, 1.54) is 4.68 Å². The van der Waals surface area contributed by atoms with Gasteiger partial charge in [-0.2, -0.15) is 18.3 Å². The maximum atomic E-state index is 12.7. The van der Waals surface area contributed by atoms with Gasteiger partial charge in [-0.25, -0.2) is 14.8 Å². The number of pyridine rings is 1. The molecule has 10 heteroatoms. The van der Waals surface area contributed by atoms with Gasteiger partial charge in [0, 0.05) is 7.05 Å². The van der Waals surface area contributed by atoms with Crippen LogP contribution in [0.1, 0.15) is 33.4 Å². The quantitative estimate of drug-likeness (QED) is 0.901. The van der Waals surface area contributed by atoms with Crippen LogP contribution in [0.4, 0.5) is 13.2 Å². The third-order valence-corrected chi connectivity index (χ3v) is 2.99. The first kappa shape index (κ1) is 16.9. The van der Waals surface area contributed by atoms with Gasteiger partial charge in [-0.05, 0) is 19.1 Å². The maximum absolute atomic E-state index is 12.7. The minimum Gasteiger partial charge on any atom is -0.478 e. The molecule has 23 heavy (non-hydrogen) atoms. The Bertz CT molecular complexity index is 708. The van der Waals surface area contributed by atoms with Crippen LogP contribution in [0.3, 0.4) is 0 Å². The third-order valence-electron chi connectivity index (χ3n) is 2.99. The number of rotatable bonds is 5. The van der Waals surface area contributed by atoms with Gasteiger partial charge in [0.15, 0.2) is 5.82 Å². The summed E-state index contributed by atoms with van der Waals surface area (Å²) >= 11 is 0. The molecule has 7 nitrogen and oxygen atoms in total. The molecule has 2 aromatic rings. The number of alkyl halides is 3. The first-order valence-corrected chi connectivity index (χ1v) is 6.43. The van der Waals surface area contributed by atoms with E-state index in [2.05, 4.69) is 15.1 Å². The Morgan fingerprint density at radius 2 is 2.00 bits per heavy atom. The topological polar surface area (TPSA) is 90.1 Å². The van der Waals surface area contributed by atoms with Crippen molar-refractivity contribution in [3.8, 4) is 0 Å². The summed E-state index contributed by atoms with van der Waals surface area (Å²) in [5.41, 5.74) is -1.82. The average molecular weight is 330 g/mol. The van der Waals surface area contributed by atoms with E-state index >= 15 is 0 Å². The van der Waals surface area contributed by atoms with Crippen LogP contribution in [0.2, 0.25) is 0 Å². The maximum Gasteiger partial charge on any atom is 0.433 e. The number of aromatic nitrogens is 4. The molecule has 0 unspecified atom stereocenters. The van der Waals surface area contributed by atoms with E-state index in [0.29, 0.717) is 17.7 Å². The number of carboxylic acids is 1. The van der Waals surface area contributed by atoms with Crippen molar-refractivity contribution in [3.05, 3.63) is 40.7 Å². The standard InChI is InChI=1S/C13H13F3N4O3/c1-7-17-11(19-20(7)2)6-23-5-9-8(12(21)22)3-4-10(18-9)13(14,15)16/h3-4H,5-6H2,1-2H3,(H,21,22). The highest BCUT2D eigenvalue weighted by Gasteiger charge is 2.33. The minimum absolute atomic E-state index is 0.0708. The van der Waals surface area contributed by atoms with Crippen molar-refractivity contribution in [1.82, 2.24) is 19.7 Å². The lowest BCUT2D eigenvalue weighted by atomic mass is 10.1. The molecule has 2 rings (SSSR count). The van der Waals surface area contributed by atoms with E-state index in [0.717, 1.165) is 6.07 Å². The van der Waals surface area contributed by atoms with Gasteiger partial charge in [0.25, 0.3) is 0 Å². The number of ether oxygens (including phenoxy) is 1. The van der Waals surface area contributed by atoms with Crippen LogP contribution in [-0.2, 0) is 31.2 Å². The molecule has 0 spiro atoms. The van der Waals surface area contributed by atoms with E-state index in [1.54, 1.807) is 14.0 Å².